The number of hydrogen-bond donors (Lipinski definition) is 0. The van der Waals surface area contributed by atoms with Gasteiger partial charge in [0.15, 0.2) is 24.5 Å². The van der Waals surface area contributed by atoms with Crippen LogP contribution in [0.2, 0.25) is 0 Å². The van der Waals surface area contributed by atoms with E-state index >= 15 is 0 Å². The van der Waals surface area contributed by atoms with Gasteiger partial charge in [0.25, 0.3) is 0 Å². The highest BCUT2D eigenvalue weighted by molar-refractivity contribution is 5.84. The van der Waals surface area contributed by atoms with Gasteiger partial charge < -0.3 is 9.64 Å². The molecule has 0 bridgehead atoms. The molecule has 2 aromatic rings. The largest absolute Gasteiger partial charge is 0.476 e. The number of carbonyl (C=O) groups excluding carboxylic acids is 1. The van der Waals surface area contributed by atoms with E-state index in [1.54, 1.807) is 24.2 Å². The van der Waals surface area contributed by atoms with Gasteiger partial charge >= 0.3 is 0 Å². The molecule has 1 heterocycles. The Labute approximate surface area is 168 Å². The van der Waals surface area contributed by atoms with Crippen molar-refractivity contribution in [3.63, 3.8) is 0 Å². The molecule has 0 amide bonds. The zero-order chi connectivity index (χ0) is 21.2. The van der Waals surface area contributed by atoms with E-state index in [1.807, 2.05) is 13.0 Å². The molecule has 0 radical (unpaired) electrons. The maximum absolute atomic E-state index is 14.5. The summed E-state index contributed by atoms with van der Waals surface area (Å²) in [6.07, 6.45) is 6.79. The molecule has 8 heteroatoms. The molecule has 0 fully saturated rings. The molecular weight excluding hydrogens is 378 g/mol. The van der Waals surface area contributed by atoms with Gasteiger partial charge in [0.05, 0.1) is 18.0 Å². The molecule has 0 aliphatic carbocycles. The monoisotopic (exact) mass is 400 g/mol. The first-order valence-corrected chi connectivity index (χ1v) is 9.11. The highest BCUT2D eigenvalue weighted by Crippen LogP contribution is 2.25. The summed E-state index contributed by atoms with van der Waals surface area (Å²) >= 11 is 0. The van der Waals surface area contributed by atoms with Crippen molar-refractivity contribution < 1.29 is 18.3 Å². The van der Waals surface area contributed by atoms with E-state index in [0.29, 0.717) is 18.3 Å². The van der Waals surface area contributed by atoms with Gasteiger partial charge in [-0.2, -0.15) is 5.26 Å². The van der Waals surface area contributed by atoms with Gasteiger partial charge in [0, 0.05) is 19.2 Å². The van der Waals surface area contributed by atoms with Crippen molar-refractivity contribution in [1.82, 2.24) is 14.9 Å². The van der Waals surface area contributed by atoms with Crippen LogP contribution in [0.1, 0.15) is 35.7 Å². The number of aldehydes is 1. The first-order valence-electron chi connectivity index (χ1n) is 9.11. The van der Waals surface area contributed by atoms with Crippen molar-refractivity contribution in [3.8, 4) is 23.2 Å². The maximum atomic E-state index is 14.5. The van der Waals surface area contributed by atoms with E-state index in [-0.39, 0.29) is 35.9 Å². The molecular formula is C21H22F2N4O2. The Balaban J connectivity index is 2.26. The van der Waals surface area contributed by atoms with E-state index in [4.69, 9.17) is 10.00 Å². The first kappa shape index (κ1) is 22.0. The van der Waals surface area contributed by atoms with Crippen molar-refractivity contribution >= 4 is 12.4 Å². The van der Waals surface area contributed by atoms with Crippen LogP contribution in [0.5, 0.6) is 5.75 Å². The molecule has 0 saturated carbocycles. The van der Waals surface area contributed by atoms with Crippen LogP contribution in [-0.4, -0.2) is 47.5 Å². The molecule has 1 aromatic heterocycles. The number of ether oxygens (including phenoxy) is 1. The van der Waals surface area contributed by atoms with E-state index in [1.165, 1.54) is 18.5 Å². The molecule has 0 N–H and O–H groups in total. The second kappa shape index (κ2) is 10.9. The molecule has 1 unspecified atom stereocenters. The lowest BCUT2D eigenvalue weighted by atomic mass is 10.0. The number of aromatic nitrogens is 2. The van der Waals surface area contributed by atoms with Gasteiger partial charge in [-0.25, -0.2) is 18.7 Å². The van der Waals surface area contributed by atoms with Crippen LogP contribution in [0.25, 0.3) is 17.5 Å². The Morgan fingerprint density at radius 2 is 2.03 bits per heavy atom. The summed E-state index contributed by atoms with van der Waals surface area (Å²) in [5, 5.41) is 8.52. The number of hydrogen-bond acceptors (Lipinski definition) is 6. The van der Waals surface area contributed by atoms with Crippen LogP contribution in [0.3, 0.4) is 0 Å². The highest BCUT2D eigenvalue weighted by Gasteiger charge is 2.13. The Kier molecular flexibility index (Phi) is 8.22. The lowest BCUT2D eigenvalue weighted by Crippen LogP contribution is -2.21. The van der Waals surface area contributed by atoms with Crippen molar-refractivity contribution in [2.75, 3.05) is 20.2 Å². The van der Waals surface area contributed by atoms with Crippen LogP contribution in [-0.2, 0) is 0 Å². The number of halogens is 2. The van der Waals surface area contributed by atoms with Crippen LogP contribution in [0, 0.1) is 17.1 Å². The summed E-state index contributed by atoms with van der Waals surface area (Å²) in [7, 11) is 1.73. The van der Waals surface area contributed by atoms with Crippen molar-refractivity contribution in [3.05, 3.63) is 47.7 Å². The number of nitrogens with zero attached hydrogens (tertiary/aromatic N) is 4. The molecule has 0 aliphatic rings. The second-order valence-electron chi connectivity index (χ2n) is 6.41. The lowest BCUT2D eigenvalue weighted by Gasteiger charge is -2.17. The molecule has 6 nitrogen and oxygen atoms in total. The Morgan fingerprint density at radius 1 is 1.31 bits per heavy atom. The smallest absolute Gasteiger partial charge is 0.174 e. The first-order chi connectivity index (χ1) is 14.0. The van der Waals surface area contributed by atoms with Crippen LogP contribution in [0.4, 0.5) is 8.78 Å². The molecule has 0 saturated heterocycles. The predicted octanol–water partition coefficient (Wildman–Crippen LogP) is 4.04. The van der Waals surface area contributed by atoms with Gasteiger partial charge in [-0.1, -0.05) is 13.3 Å². The van der Waals surface area contributed by atoms with Gasteiger partial charge in [-0.3, -0.25) is 4.79 Å². The third-order valence-electron chi connectivity index (χ3n) is 4.07. The Morgan fingerprint density at radius 3 is 2.66 bits per heavy atom. The summed E-state index contributed by atoms with van der Waals surface area (Å²) < 4.78 is 33.3. The SMILES string of the molecule is CCCC(F)CN(C)/C=C\c1cc(-c2ncc(OCC#N)cn2)c(F)cc1C=O. The standard InChI is InChI=1S/C21H22F2N4O2/c1-3-4-17(22)13-27(2)7-5-15-9-19(20(23)10-16(15)14-28)21-25-11-18(12-26-21)29-8-6-24/h5,7,9-12,14,17H,3-4,8,13H2,1-2H3/b7-5-. The van der Waals surface area contributed by atoms with E-state index in [9.17, 15) is 13.6 Å². The molecule has 2 rings (SSSR count). The van der Waals surface area contributed by atoms with E-state index in [2.05, 4.69) is 9.97 Å². The molecule has 0 spiro atoms. The summed E-state index contributed by atoms with van der Waals surface area (Å²) in [6.45, 7) is 2.00. The Bertz CT molecular complexity index is 895. The van der Waals surface area contributed by atoms with Crippen molar-refractivity contribution in [2.45, 2.75) is 25.9 Å². The summed E-state index contributed by atoms with van der Waals surface area (Å²) in [5.41, 5.74) is 0.733. The average Bonchev–Trinajstić information content (AvgIpc) is 2.71. The van der Waals surface area contributed by atoms with E-state index < -0.39 is 12.0 Å². The van der Waals surface area contributed by atoms with Gasteiger partial charge in [0.1, 0.15) is 18.1 Å². The van der Waals surface area contributed by atoms with Crippen LogP contribution >= 0.6 is 0 Å². The number of alkyl halides is 1. The summed E-state index contributed by atoms with van der Waals surface area (Å²) in [6, 6.07) is 4.40. The minimum atomic E-state index is -0.945. The minimum absolute atomic E-state index is 0.110. The zero-order valence-electron chi connectivity index (χ0n) is 16.3. The van der Waals surface area contributed by atoms with Gasteiger partial charge in [-0.15, -0.1) is 0 Å². The molecule has 0 aliphatic heterocycles. The Hall–Kier alpha value is -3.34. The molecule has 1 atom stereocenters. The van der Waals surface area contributed by atoms with Crippen LogP contribution < -0.4 is 4.74 Å². The quantitative estimate of drug-likeness (QED) is 0.560. The van der Waals surface area contributed by atoms with Gasteiger partial charge in [0.2, 0.25) is 0 Å². The van der Waals surface area contributed by atoms with Crippen LogP contribution in [0.15, 0.2) is 30.7 Å². The number of benzene rings is 1. The second-order valence-corrected chi connectivity index (χ2v) is 6.41. The summed E-state index contributed by atoms with van der Waals surface area (Å²) in [4.78, 5) is 21.1. The fourth-order valence-electron chi connectivity index (χ4n) is 2.65. The number of nitriles is 1. The summed E-state index contributed by atoms with van der Waals surface area (Å²) in [5.74, 6) is -0.246. The predicted molar refractivity (Wildman–Crippen MR) is 105 cm³/mol. The van der Waals surface area contributed by atoms with Crippen molar-refractivity contribution in [2.24, 2.45) is 0 Å². The lowest BCUT2D eigenvalue weighted by molar-refractivity contribution is 0.112. The fraction of sp³-hybridized carbons (Fsp3) is 0.333. The molecule has 29 heavy (non-hydrogen) atoms. The van der Waals surface area contributed by atoms with Gasteiger partial charge in [-0.05, 0) is 36.4 Å². The third-order valence-corrected chi connectivity index (χ3v) is 4.07. The highest BCUT2D eigenvalue weighted by atomic mass is 19.1. The normalized spacial score (nSPS) is 11.8. The zero-order valence-corrected chi connectivity index (χ0v) is 16.3. The maximum Gasteiger partial charge on any atom is 0.174 e. The van der Waals surface area contributed by atoms with E-state index in [0.717, 1.165) is 12.5 Å². The number of carbonyl (C=O) groups is 1. The molecule has 1 aromatic carbocycles. The topological polar surface area (TPSA) is 79.1 Å². The fourth-order valence-corrected chi connectivity index (χ4v) is 2.65. The molecule has 152 valence electrons. The van der Waals surface area contributed by atoms with Crippen molar-refractivity contribution in [1.29, 1.82) is 5.26 Å². The average molecular weight is 400 g/mol. The number of rotatable bonds is 10. The minimum Gasteiger partial charge on any atom is -0.476 e. The third kappa shape index (κ3) is 6.35.